The molecule has 10 heteroatoms. The van der Waals surface area contributed by atoms with Crippen molar-refractivity contribution in [1.82, 2.24) is 25.4 Å². The Morgan fingerprint density at radius 2 is 2.06 bits per heavy atom. The first-order valence-corrected chi connectivity index (χ1v) is 10.6. The van der Waals surface area contributed by atoms with Crippen LogP contribution in [0.25, 0.3) is 0 Å². The predicted molar refractivity (Wildman–Crippen MR) is 113 cm³/mol. The van der Waals surface area contributed by atoms with Gasteiger partial charge in [-0.25, -0.2) is 4.99 Å². The molecule has 1 aromatic heterocycles. The van der Waals surface area contributed by atoms with Gasteiger partial charge in [-0.05, 0) is 32.8 Å². The molecular formula is C21H30F2N6O2. The van der Waals surface area contributed by atoms with Crippen molar-refractivity contribution in [2.75, 3.05) is 6.61 Å². The topological polar surface area (TPSA) is 85.6 Å². The van der Waals surface area contributed by atoms with E-state index < -0.39 is 6.61 Å². The van der Waals surface area contributed by atoms with Gasteiger partial charge in [0.2, 0.25) is 0 Å². The number of halogens is 2. The van der Waals surface area contributed by atoms with Crippen LogP contribution < -0.4 is 20.1 Å². The Morgan fingerprint density at radius 1 is 1.29 bits per heavy atom. The van der Waals surface area contributed by atoms with Gasteiger partial charge < -0.3 is 24.7 Å². The highest BCUT2D eigenvalue weighted by atomic mass is 19.3. The first-order chi connectivity index (χ1) is 15.0. The number of para-hydroxylation sites is 1. The second-order valence-electron chi connectivity index (χ2n) is 7.42. The van der Waals surface area contributed by atoms with Gasteiger partial charge in [0.15, 0.2) is 23.3 Å². The number of nitrogens with one attached hydrogen (secondary N) is 2. The molecule has 0 aliphatic heterocycles. The predicted octanol–water partition coefficient (Wildman–Crippen LogP) is 3.30. The molecule has 0 atom stereocenters. The lowest BCUT2D eigenvalue weighted by molar-refractivity contribution is -0.0520. The van der Waals surface area contributed by atoms with Crippen LogP contribution in [0, 0.1) is 6.92 Å². The molecule has 1 aliphatic rings. The number of rotatable bonds is 9. The van der Waals surface area contributed by atoms with Crippen LogP contribution in [0.1, 0.15) is 49.8 Å². The maximum Gasteiger partial charge on any atom is 0.387 e. The van der Waals surface area contributed by atoms with Gasteiger partial charge in [0.05, 0.1) is 19.7 Å². The Hall–Kier alpha value is -2.91. The van der Waals surface area contributed by atoms with E-state index in [1.807, 2.05) is 18.5 Å². The summed E-state index contributed by atoms with van der Waals surface area (Å²) in [6, 6.07) is 5.40. The lowest BCUT2D eigenvalue weighted by Crippen LogP contribution is -2.42. The van der Waals surface area contributed by atoms with E-state index in [1.165, 1.54) is 12.8 Å². The summed E-state index contributed by atoms with van der Waals surface area (Å²) < 4.78 is 38.1. The number of hydrogen-bond donors (Lipinski definition) is 2. The number of ether oxygens (including phenoxy) is 2. The standard InChI is InChI=1S/C21H30F2N6O2/c1-4-30-17-11-7-8-15(19(17)31-20(22)23)12-24-21(26-16-9-5-6-10-16)25-13-18-28-27-14(2)29(18)3/h7-8,11,16,20H,4-6,9-10,12-13H2,1-3H3,(H2,24,25,26). The minimum absolute atomic E-state index is 0.0206. The number of aryl methyl sites for hydroxylation is 1. The molecule has 1 aliphatic carbocycles. The van der Waals surface area contributed by atoms with Gasteiger partial charge in [-0.1, -0.05) is 25.0 Å². The number of aromatic nitrogens is 3. The Bertz CT molecular complexity index is 881. The summed E-state index contributed by atoms with van der Waals surface area (Å²) in [4.78, 5) is 4.63. The van der Waals surface area contributed by atoms with Crippen LogP contribution >= 0.6 is 0 Å². The molecule has 0 amide bonds. The highest BCUT2D eigenvalue weighted by Crippen LogP contribution is 2.33. The molecule has 0 saturated heterocycles. The molecule has 1 saturated carbocycles. The first kappa shape index (κ1) is 22.8. The SMILES string of the molecule is CCOc1cccc(CN=C(NCc2nnc(C)n2C)NC2CCCC2)c1OC(F)F. The summed E-state index contributed by atoms with van der Waals surface area (Å²) in [6.45, 7) is 1.67. The van der Waals surface area contributed by atoms with E-state index in [0.29, 0.717) is 30.7 Å². The van der Waals surface area contributed by atoms with Crippen LogP contribution in [0.3, 0.4) is 0 Å². The van der Waals surface area contributed by atoms with Crippen LogP contribution in [-0.4, -0.2) is 40.0 Å². The normalized spacial score (nSPS) is 14.8. The lowest BCUT2D eigenvalue weighted by Gasteiger charge is -2.18. The Kier molecular flexibility index (Phi) is 8.02. The molecule has 3 rings (SSSR count). The summed E-state index contributed by atoms with van der Waals surface area (Å²) in [5.41, 5.74) is 0.522. The van der Waals surface area contributed by atoms with E-state index in [-0.39, 0.29) is 18.0 Å². The van der Waals surface area contributed by atoms with E-state index >= 15 is 0 Å². The van der Waals surface area contributed by atoms with Crippen molar-refractivity contribution in [2.24, 2.45) is 12.0 Å². The number of benzene rings is 1. The summed E-state index contributed by atoms with van der Waals surface area (Å²) >= 11 is 0. The summed E-state index contributed by atoms with van der Waals surface area (Å²) in [6.07, 6.45) is 4.50. The van der Waals surface area contributed by atoms with Crippen LogP contribution in [-0.2, 0) is 20.1 Å². The monoisotopic (exact) mass is 436 g/mol. The van der Waals surface area contributed by atoms with E-state index in [2.05, 4.69) is 25.8 Å². The van der Waals surface area contributed by atoms with Gasteiger partial charge in [0.1, 0.15) is 5.82 Å². The Morgan fingerprint density at radius 3 is 2.71 bits per heavy atom. The minimum Gasteiger partial charge on any atom is -0.490 e. The molecule has 1 aromatic carbocycles. The van der Waals surface area contributed by atoms with Crippen molar-refractivity contribution in [3.8, 4) is 11.5 Å². The highest BCUT2D eigenvalue weighted by molar-refractivity contribution is 5.80. The van der Waals surface area contributed by atoms with Gasteiger partial charge in [0, 0.05) is 18.7 Å². The number of alkyl halides is 2. The molecule has 0 spiro atoms. The van der Waals surface area contributed by atoms with Crippen molar-refractivity contribution in [3.63, 3.8) is 0 Å². The number of guanidine groups is 1. The van der Waals surface area contributed by atoms with Crippen LogP contribution in [0.4, 0.5) is 8.78 Å². The summed E-state index contributed by atoms with van der Waals surface area (Å²) in [7, 11) is 1.90. The molecule has 2 aromatic rings. The van der Waals surface area contributed by atoms with E-state index in [1.54, 1.807) is 25.1 Å². The van der Waals surface area contributed by atoms with Gasteiger partial charge >= 0.3 is 6.61 Å². The maximum atomic E-state index is 13.0. The van der Waals surface area contributed by atoms with Gasteiger partial charge in [-0.2, -0.15) is 8.78 Å². The van der Waals surface area contributed by atoms with Crippen molar-refractivity contribution in [1.29, 1.82) is 0 Å². The zero-order valence-electron chi connectivity index (χ0n) is 18.2. The second-order valence-corrected chi connectivity index (χ2v) is 7.42. The number of nitrogens with zero attached hydrogens (tertiary/aromatic N) is 4. The van der Waals surface area contributed by atoms with Crippen LogP contribution in [0.15, 0.2) is 23.2 Å². The van der Waals surface area contributed by atoms with Gasteiger partial charge in [-0.15, -0.1) is 10.2 Å². The third kappa shape index (κ3) is 6.28. The molecule has 31 heavy (non-hydrogen) atoms. The summed E-state index contributed by atoms with van der Waals surface area (Å²) in [5.74, 6) is 2.49. The largest absolute Gasteiger partial charge is 0.490 e. The average Bonchev–Trinajstić information content (AvgIpc) is 3.36. The highest BCUT2D eigenvalue weighted by Gasteiger charge is 2.18. The minimum atomic E-state index is -2.95. The van der Waals surface area contributed by atoms with Crippen LogP contribution in [0.5, 0.6) is 11.5 Å². The molecule has 0 radical (unpaired) electrons. The van der Waals surface area contributed by atoms with E-state index in [4.69, 9.17) is 9.47 Å². The van der Waals surface area contributed by atoms with Crippen molar-refractivity contribution in [3.05, 3.63) is 35.4 Å². The van der Waals surface area contributed by atoms with Gasteiger partial charge in [0.25, 0.3) is 0 Å². The quantitative estimate of drug-likeness (QED) is 0.463. The third-order valence-corrected chi connectivity index (χ3v) is 5.27. The van der Waals surface area contributed by atoms with E-state index in [9.17, 15) is 8.78 Å². The molecule has 1 heterocycles. The summed E-state index contributed by atoms with van der Waals surface area (Å²) in [5, 5.41) is 15.0. The molecule has 0 bridgehead atoms. The Labute approximate surface area is 181 Å². The molecule has 1 fully saturated rings. The fourth-order valence-corrected chi connectivity index (χ4v) is 3.53. The fraction of sp³-hybridized carbons (Fsp3) is 0.571. The van der Waals surface area contributed by atoms with E-state index in [0.717, 1.165) is 24.5 Å². The maximum absolute atomic E-state index is 13.0. The average molecular weight is 437 g/mol. The molecule has 170 valence electrons. The smallest absolute Gasteiger partial charge is 0.387 e. The van der Waals surface area contributed by atoms with Crippen molar-refractivity contribution < 1.29 is 18.3 Å². The lowest BCUT2D eigenvalue weighted by atomic mass is 10.2. The Balaban J connectivity index is 1.78. The van der Waals surface area contributed by atoms with Crippen molar-refractivity contribution >= 4 is 5.96 Å². The zero-order valence-corrected chi connectivity index (χ0v) is 18.2. The molecular weight excluding hydrogens is 406 g/mol. The van der Waals surface area contributed by atoms with Gasteiger partial charge in [-0.3, -0.25) is 0 Å². The molecule has 0 unspecified atom stereocenters. The first-order valence-electron chi connectivity index (χ1n) is 10.6. The number of hydrogen-bond acceptors (Lipinski definition) is 5. The third-order valence-electron chi connectivity index (χ3n) is 5.27. The van der Waals surface area contributed by atoms with Crippen molar-refractivity contribution in [2.45, 2.75) is 65.3 Å². The fourth-order valence-electron chi connectivity index (χ4n) is 3.53. The van der Waals surface area contributed by atoms with Crippen LogP contribution in [0.2, 0.25) is 0 Å². The zero-order chi connectivity index (χ0) is 22.2. The molecule has 8 nitrogen and oxygen atoms in total. The number of aliphatic imine (C=N–C) groups is 1. The second kappa shape index (κ2) is 10.9. The molecule has 2 N–H and O–H groups in total.